The molecule has 2 amide bonds. The molecule has 0 radical (unpaired) electrons. The fraction of sp³-hybridized carbons (Fsp3) is 0.846. The van der Waals surface area contributed by atoms with Crippen LogP contribution in [-0.2, 0) is 14.3 Å². The molecule has 2 rings (SSSR count). The van der Waals surface area contributed by atoms with E-state index in [0.29, 0.717) is 26.2 Å². The molecule has 2 saturated heterocycles. The van der Waals surface area contributed by atoms with Crippen LogP contribution >= 0.6 is 0 Å². The highest BCUT2D eigenvalue weighted by molar-refractivity contribution is 5.76. The third-order valence-corrected chi connectivity index (χ3v) is 3.68. The summed E-state index contributed by atoms with van der Waals surface area (Å²) in [6.07, 6.45) is -0.676. The minimum atomic E-state index is -0.952. The molecule has 2 aliphatic heterocycles. The number of hydrogen-bond donors (Lipinski definition) is 2. The van der Waals surface area contributed by atoms with E-state index in [1.165, 1.54) is 0 Å². The second-order valence-corrected chi connectivity index (χ2v) is 5.46. The maximum Gasteiger partial charge on any atom is 0.320 e. The summed E-state index contributed by atoms with van der Waals surface area (Å²) in [5.41, 5.74) is 0. The van der Waals surface area contributed by atoms with Gasteiger partial charge in [0.15, 0.2) is 0 Å². The van der Waals surface area contributed by atoms with E-state index in [2.05, 4.69) is 0 Å². The van der Waals surface area contributed by atoms with Crippen LogP contribution in [0.4, 0.5) is 4.79 Å². The molecule has 0 aromatic carbocycles. The number of ether oxygens (including phenoxy) is 2. The number of morpholine rings is 2. The summed E-state index contributed by atoms with van der Waals surface area (Å²) in [6, 6.07) is -0.660. The van der Waals surface area contributed by atoms with Crippen LogP contribution in [-0.4, -0.2) is 89.7 Å². The predicted molar refractivity (Wildman–Crippen MR) is 72.0 cm³/mol. The van der Waals surface area contributed by atoms with E-state index in [1.54, 1.807) is 9.80 Å². The van der Waals surface area contributed by atoms with Crippen molar-refractivity contribution in [2.45, 2.75) is 31.6 Å². The number of carbonyl (C=O) groups excluding carboxylic acids is 1. The van der Waals surface area contributed by atoms with E-state index in [1.807, 2.05) is 6.92 Å². The molecule has 8 nitrogen and oxygen atoms in total. The van der Waals surface area contributed by atoms with Gasteiger partial charge in [0, 0.05) is 13.1 Å². The molecule has 0 saturated carbocycles. The van der Waals surface area contributed by atoms with E-state index >= 15 is 0 Å². The number of rotatable bonds is 3. The van der Waals surface area contributed by atoms with Gasteiger partial charge in [0.05, 0.1) is 51.0 Å². The number of carboxylic acids is 1. The van der Waals surface area contributed by atoms with Crippen molar-refractivity contribution in [1.82, 2.24) is 9.80 Å². The zero-order valence-corrected chi connectivity index (χ0v) is 12.1. The normalized spacial score (nSPS) is 30.3. The third-order valence-electron chi connectivity index (χ3n) is 3.68. The Balaban J connectivity index is 2.03. The number of hydrogen-bond acceptors (Lipinski definition) is 5. The highest BCUT2D eigenvalue weighted by Gasteiger charge is 2.35. The maximum atomic E-state index is 12.6. The molecule has 3 unspecified atom stereocenters. The Hall–Kier alpha value is -1.38. The van der Waals surface area contributed by atoms with Crippen molar-refractivity contribution in [2.24, 2.45) is 0 Å². The number of amides is 2. The van der Waals surface area contributed by atoms with Crippen molar-refractivity contribution in [1.29, 1.82) is 0 Å². The van der Waals surface area contributed by atoms with Gasteiger partial charge in [-0.2, -0.15) is 0 Å². The molecule has 3 atom stereocenters. The monoisotopic (exact) mass is 302 g/mol. The van der Waals surface area contributed by atoms with Crippen LogP contribution in [0.2, 0.25) is 0 Å². The lowest BCUT2D eigenvalue weighted by Gasteiger charge is -2.42. The van der Waals surface area contributed by atoms with E-state index in [4.69, 9.17) is 14.6 Å². The summed E-state index contributed by atoms with van der Waals surface area (Å²) in [5, 5.41) is 18.2. The van der Waals surface area contributed by atoms with Crippen LogP contribution in [0.15, 0.2) is 0 Å². The quantitative estimate of drug-likeness (QED) is 0.719. The van der Waals surface area contributed by atoms with Crippen LogP contribution in [0.1, 0.15) is 13.3 Å². The first kappa shape index (κ1) is 16.0. The number of carbonyl (C=O) groups is 2. The van der Waals surface area contributed by atoms with Gasteiger partial charge in [0.2, 0.25) is 0 Å². The summed E-state index contributed by atoms with van der Waals surface area (Å²) in [7, 11) is 0. The predicted octanol–water partition coefficient (Wildman–Crippen LogP) is -0.636. The molecule has 8 heteroatoms. The summed E-state index contributed by atoms with van der Waals surface area (Å²) >= 11 is 0. The van der Waals surface area contributed by atoms with Crippen molar-refractivity contribution < 1.29 is 29.3 Å². The van der Waals surface area contributed by atoms with E-state index in [0.717, 1.165) is 0 Å². The number of urea groups is 1. The zero-order chi connectivity index (χ0) is 15.4. The Morgan fingerprint density at radius 3 is 2.76 bits per heavy atom. The van der Waals surface area contributed by atoms with Gasteiger partial charge in [0.25, 0.3) is 0 Å². The molecular weight excluding hydrogens is 280 g/mol. The van der Waals surface area contributed by atoms with Gasteiger partial charge < -0.3 is 29.5 Å². The molecule has 0 aromatic rings. The van der Waals surface area contributed by atoms with Crippen LogP contribution in [0.5, 0.6) is 0 Å². The molecular formula is C13H22N2O6. The highest BCUT2D eigenvalue weighted by Crippen LogP contribution is 2.17. The maximum absolute atomic E-state index is 12.6. The first-order valence-corrected chi connectivity index (χ1v) is 7.12. The Morgan fingerprint density at radius 1 is 1.33 bits per heavy atom. The van der Waals surface area contributed by atoms with Gasteiger partial charge in [-0.25, -0.2) is 4.79 Å². The van der Waals surface area contributed by atoms with Crippen molar-refractivity contribution in [3.8, 4) is 0 Å². The minimum absolute atomic E-state index is 0.130. The molecule has 2 heterocycles. The highest BCUT2D eigenvalue weighted by atomic mass is 16.5. The van der Waals surface area contributed by atoms with Gasteiger partial charge in [0.1, 0.15) is 0 Å². The molecule has 0 spiro atoms. The van der Waals surface area contributed by atoms with E-state index in [-0.39, 0.29) is 31.8 Å². The Labute approximate surface area is 123 Å². The molecule has 2 aliphatic rings. The molecule has 0 bridgehead atoms. The molecule has 2 N–H and O–H groups in total. The van der Waals surface area contributed by atoms with Gasteiger partial charge in [-0.3, -0.25) is 4.79 Å². The van der Waals surface area contributed by atoms with Gasteiger partial charge in [-0.05, 0) is 6.92 Å². The van der Waals surface area contributed by atoms with E-state index < -0.39 is 18.1 Å². The smallest absolute Gasteiger partial charge is 0.320 e. The number of aliphatic hydroxyl groups is 1. The van der Waals surface area contributed by atoms with E-state index in [9.17, 15) is 14.7 Å². The third kappa shape index (κ3) is 4.05. The second kappa shape index (κ2) is 7.06. The molecule has 120 valence electrons. The lowest BCUT2D eigenvalue weighted by Crippen LogP contribution is -2.59. The fourth-order valence-electron chi connectivity index (χ4n) is 2.76. The topological polar surface area (TPSA) is 99.5 Å². The van der Waals surface area contributed by atoms with Crippen LogP contribution in [0, 0.1) is 0 Å². The molecule has 21 heavy (non-hydrogen) atoms. The Kier molecular flexibility index (Phi) is 5.38. The fourth-order valence-corrected chi connectivity index (χ4v) is 2.76. The number of aliphatic carboxylic acids is 1. The number of carboxylic acid groups (broad SMARTS) is 1. The van der Waals surface area contributed by atoms with Crippen molar-refractivity contribution in [3.63, 3.8) is 0 Å². The van der Waals surface area contributed by atoms with Crippen LogP contribution < -0.4 is 0 Å². The van der Waals surface area contributed by atoms with Gasteiger partial charge in [-0.15, -0.1) is 0 Å². The molecule has 0 aliphatic carbocycles. The summed E-state index contributed by atoms with van der Waals surface area (Å²) in [4.78, 5) is 26.7. The Bertz CT molecular complexity index is 391. The van der Waals surface area contributed by atoms with Crippen LogP contribution in [0.3, 0.4) is 0 Å². The average Bonchev–Trinajstić information content (AvgIpc) is 2.45. The second-order valence-electron chi connectivity index (χ2n) is 5.46. The summed E-state index contributed by atoms with van der Waals surface area (Å²) in [5.74, 6) is -0.952. The summed E-state index contributed by atoms with van der Waals surface area (Å²) < 4.78 is 10.8. The average molecular weight is 302 g/mol. The minimum Gasteiger partial charge on any atom is -0.481 e. The first-order chi connectivity index (χ1) is 10.0. The summed E-state index contributed by atoms with van der Waals surface area (Å²) in [6.45, 7) is 3.48. The lowest BCUT2D eigenvalue weighted by atomic mass is 10.1. The number of aliphatic hydroxyl groups excluding tert-OH is 1. The van der Waals surface area contributed by atoms with Crippen molar-refractivity contribution in [3.05, 3.63) is 0 Å². The van der Waals surface area contributed by atoms with Gasteiger partial charge >= 0.3 is 12.0 Å². The van der Waals surface area contributed by atoms with Crippen molar-refractivity contribution >= 4 is 12.0 Å². The zero-order valence-electron chi connectivity index (χ0n) is 12.1. The number of nitrogens with zero attached hydrogens (tertiary/aromatic N) is 2. The molecule has 0 aromatic heterocycles. The van der Waals surface area contributed by atoms with Gasteiger partial charge in [-0.1, -0.05) is 0 Å². The van der Waals surface area contributed by atoms with Crippen molar-refractivity contribution in [2.75, 3.05) is 39.5 Å². The first-order valence-electron chi connectivity index (χ1n) is 7.12. The molecule has 2 fully saturated rings. The standard InChI is InChI=1S/C13H22N2O6/c1-9-5-14(6-11(7-16)21-9)13(19)15-2-3-20-8-10(15)4-12(17)18/h9-11,16H,2-8H2,1H3,(H,17,18). The Morgan fingerprint density at radius 2 is 2.10 bits per heavy atom. The lowest BCUT2D eigenvalue weighted by molar-refractivity contribution is -0.139. The largest absolute Gasteiger partial charge is 0.481 e. The SMILES string of the molecule is CC1CN(C(=O)N2CCOCC2CC(=O)O)CC(CO)O1. The van der Waals surface area contributed by atoms with Crippen LogP contribution in [0.25, 0.3) is 0 Å².